The number of nitrogens with zero attached hydrogens (tertiary/aromatic N) is 4. The predicted octanol–water partition coefficient (Wildman–Crippen LogP) is 3.83. The molecule has 1 aromatic heterocycles. The zero-order valence-electron chi connectivity index (χ0n) is 18.2. The van der Waals surface area contributed by atoms with Crippen LogP contribution >= 0.6 is 0 Å². The summed E-state index contributed by atoms with van der Waals surface area (Å²) in [5, 5.41) is 10.5. The first-order valence-electron chi connectivity index (χ1n) is 11.2. The molecule has 0 N–H and O–H groups in total. The molecule has 3 heterocycles. The molecule has 30 heavy (non-hydrogen) atoms. The van der Waals surface area contributed by atoms with Gasteiger partial charge in [0.2, 0.25) is 0 Å². The quantitative estimate of drug-likeness (QED) is 0.758. The molecule has 2 aliphatic heterocycles. The molecule has 1 aromatic carbocycles. The fourth-order valence-corrected chi connectivity index (χ4v) is 5.36. The van der Waals surface area contributed by atoms with Crippen molar-refractivity contribution in [2.75, 3.05) is 39.8 Å². The van der Waals surface area contributed by atoms with Gasteiger partial charge in [-0.15, -0.1) is 0 Å². The number of pyridine rings is 1. The first-order chi connectivity index (χ1) is 14.5. The van der Waals surface area contributed by atoms with E-state index in [0.717, 1.165) is 62.8 Å². The van der Waals surface area contributed by atoms with E-state index >= 15 is 0 Å². The van der Waals surface area contributed by atoms with E-state index in [4.69, 9.17) is 0 Å². The minimum Gasteiger partial charge on any atom is -0.306 e. The van der Waals surface area contributed by atoms with Crippen molar-refractivity contribution in [2.45, 2.75) is 38.5 Å². The summed E-state index contributed by atoms with van der Waals surface area (Å²) in [4.78, 5) is 22.0. The van der Waals surface area contributed by atoms with Gasteiger partial charge in [0.15, 0.2) is 0 Å². The number of benzene rings is 1. The van der Waals surface area contributed by atoms with Crippen molar-refractivity contribution in [3.05, 3.63) is 41.6 Å². The van der Waals surface area contributed by atoms with Gasteiger partial charge in [0.25, 0.3) is 0 Å². The van der Waals surface area contributed by atoms with Crippen LogP contribution in [0.4, 0.5) is 0 Å². The Labute approximate surface area is 179 Å². The second kappa shape index (κ2) is 9.24. The predicted molar refractivity (Wildman–Crippen MR) is 119 cm³/mol. The number of carbonyl (C=O) groups is 1. The molecule has 2 saturated heterocycles. The van der Waals surface area contributed by atoms with Gasteiger partial charge in [-0.3, -0.25) is 14.7 Å². The van der Waals surface area contributed by atoms with E-state index in [9.17, 15) is 10.1 Å². The third-order valence-electron chi connectivity index (χ3n) is 6.85. The second-order valence-corrected chi connectivity index (χ2v) is 9.44. The number of ketones is 1. The topological polar surface area (TPSA) is 60.2 Å². The number of nitriles is 1. The third-order valence-corrected chi connectivity index (χ3v) is 6.85. The summed E-state index contributed by atoms with van der Waals surface area (Å²) in [7, 11) is 2.16. The van der Waals surface area contributed by atoms with Crippen molar-refractivity contribution in [1.29, 1.82) is 5.26 Å². The van der Waals surface area contributed by atoms with Gasteiger partial charge in [-0.1, -0.05) is 19.1 Å². The fraction of sp³-hybridized carbons (Fsp3) is 0.560. The maximum Gasteiger partial charge on any atom is 0.147 e. The summed E-state index contributed by atoms with van der Waals surface area (Å²) < 4.78 is 0. The summed E-state index contributed by atoms with van der Waals surface area (Å²) in [6.07, 6.45) is 5.88. The summed E-state index contributed by atoms with van der Waals surface area (Å²) in [5.74, 6) is 1.86. The second-order valence-electron chi connectivity index (χ2n) is 9.44. The van der Waals surface area contributed by atoms with Crippen LogP contribution in [0, 0.1) is 23.2 Å². The van der Waals surface area contributed by atoms with Crippen molar-refractivity contribution in [3.63, 3.8) is 0 Å². The van der Waals surface area contributed by atoms with Crippen LogP contribution in [0.1, 0.15) is 49.7 Å². The molecule has 0 spiro atoms. The van der Waals surface area contributed by atoms with Crippen LogP contribution in [0.15, 0.2) is 30.5 Å². The number of hydrogen-bond donors (Lipinski definition) is 0. The molecular weight excluding hydrogens is 372 g/mol. The van der Waals surface area contributed by atoms with E-state index in [2.05, 4.69) is 47.0 Å². The molecular formula is C25H32N4O. The molecule has 5 nitrogen and oxygen atoms in total. The number of fused-ring (bicyclic) bond motifs is 1. The Hall–Kier alpha value is -2.29. The molecule has 2 atom stereocenters. The van der Waals surface area contributed by atoms with Crippen LogP contribution in [0.2, 0.25) is 0 Å². The Bertz CT molecular complexity index is 942. The van der Waals surface area contributed by atoms with Crippen molar-refractivity contribution in [2.24, 2.45) is 11.8 Å². The minimum atomic E-state index is 0.365. The highest BCUT2D eigenvalue weighted by Crippen LogP contribution is 2.35. The summed E-state index contributed by atoms with van der Waals surface area (Å²) >= 11 is 0. The maximum absolute atomic E-state index is 12.8. The van der Waals surface area contributed by atoms with Gasteiger partial charge in [0, 0.05) is 31.1 Å². The number of piperidine rings is 2. The number of aromatic nitrogens is 1. The molecule has 0 unspecified atom stereocenters. The van der Waals surface area contributed by atoms with Crippen LogP contribution < -0.4 is 0 Å². The molecule has 0 saturated carbocycles. The first kappa shape index (κ1) is 21.0. The highest BCUT2D eigenvalue weighted by molar-refractivity contribution is 5.87. The number of likely N-dealkylation sites (tertiary alicyclic amines) is 2. The molecule has 2 aliphatic rings. The number of Topliss-reactive ketones (excluding diaryl/α,β-unsaturated/α-hetero) is 1. The van der Waals surface area contributed by atoms with E-state index < -0.39 is 0 Å². The Balaban J connectivity index is 1.46. The molecule has 2 aromatic rings. The average molecular weight is 405 g/mol. The Morgan fingerprint density at radius 3 is 2.80 bits per heavy atom. The van der Waals surface area contributed by atoms with E-state index in [1.807, 2.05) is 12.1 Å². The first-order valence-corrected chi connectivity index (χ1v) is 11.2. The SMILES string of the molecule is C[C@@H]1C[C@@H](c2ccc(C#N)c3ncccc23)CN(CC(=O)CC2CCN(C)CC2)C1. The van der Waals surface area contributed by atoms with Crippen LogP contribution in [0.25, 0.3) is 10.9 Å². The van der Waals surface area contributed by atoms with Gasteiger partial charge in [0.1, 0.15) is 11.9 Å². The normalized spacial score (nSPS) is 24.0. The van der Waals surface area contributed by atoms with Crippen LogP contribution in [-0.2, 0) is 4.79 Å². The average Bonchev–Trinajstić information content (AvgIpc) is 2.74. The van der Waals surface area contributed by atoms with Crippen molar-refractivity contribution in [3.8, 4) is 6.07 Å². The lowest BCUT2D eigenvalue weighted by Gasteiger charge is -2.37. The number of carbonyl (C=O) groups excluding carboxylic acids is 1. The highest BCUT2D eigenvalue weighted by Gasteiger charge is 2.29. The van der Waals surface area contributed by atoms with Crippen LogP contribution in [0.3, 0.4) is 0 Å². The Morgan fingerprint density at radius 2 is 2.03 bits per heavy atom. The van der Waals surface area contributed by atoms with E-state index in [0.29, 0.717) is 35.6 Å². The monoisotopic (exact) mass is 404 g/mol. The summed E-state index contributed by atoms with van der Waals surface area (Å²) in [6.45, 7) is 6.97. The zero-order chi connectivity index (χ0) is 21.1. The molecule has 0 aliphatic carbocycles. The summed E-state index contributed by atoms with van der Waals surface area (Å²) in [5.41, 5.74) is 2.68. The molecule has 0 radical (unpaired) electrons. The standard InChI is InChI=1S/C25H32N4O/c1-18-12-21(23-6-5-20(14-26)25-24(23)4-3-9-27-25)16-29(15-18)17-22(30)13-19-7-10-28(2)11-8-19/h3-6,9,18-19,21H,7-8,10-13,15-17H2,1-2H3/t18-,21-/m1/s1. The maximum atomic E-state index is 12.8. The van der Waals surface area contributed by atoms with Crippen molar-refractivity contribution < 1.29 is 4.79 Å². The largest absolute Gasteiger partial charge is 0.306 e. The van der Waals surface area contributed by atoms with Crippen molar-refractivity contribution in [1.82, 2.24) is 14.8 Å². The summed E-state index contributed by atoms with van der Waals surface area (Å²) in [6, 6.07) is 10.3. The third kappa shape index (κ3) is 4.71. The zero-order valence-corrected chi connectivity index (χ0v) is 18.2. The molecule has 0 amide bonds. The number of hydrogen-bond acceptors (Lipinski definition) is 5. The fourth-order valence-electron chi connectivity index (χ4n) is 5.36. The van der Waals surface area contributed by atoms with Crippen molar-refractivity contribution >= 4 is 16.7 Å². The lowest BCUT2D eigenvalue weighted by atomic mass is 9.83. The lowest BCUT2D eigenvalue weighted by molar-refractivity contribution is -0.121. The highest BCUT2D eigenvalue weighted by atomic mass is 16.1. The molecule has 0 bridgehead atoms. The molecule has 158 valence electrons. The van der Waals surface area contributed by atoms with Gasteiger partial charge in [0.05, 0.1) is 17.6 Å². The molecule has 4 rings (SSSR count). The van der Waals surface area contributed by atoms with Gasteiger partial charge in [-0.25, -0.2) is 0 Å². The van der Waals surface area contributed by atoms with Crippen LogP contribution in [0.5, 0.6) is 0 Å². The van der Waals surface area contributed by atoms with Crippen LogP contribution in [-0.4, -0.2) is 60.3 Å². The van der Waals surface area contributed by atoms with E-state index in [1.165, 1.54) is 5.56 Å². The molecule has 2 fully saturated rings. The van der Waals surface area contributed by atoms with E-state index in [-0.39, 0.29) is 0 Å². The lowest BCUT2D eigenvalue weighted by Crippen LogP contribution is -2.42. The Morgan fingerprint density at radius 1 is 1.23 bits per heavy atom. The van der Waals surface area contributed by atoms with Gasteiger partial charge in [-0.05, 0) is 74.8 Å². The van der Waals surface area contributed by atoms with Gasteiger partial charge < -0.3 is 4.90 Å². The Kier molecular flexibility index (Phi) is 6.46. The van der Waals surface area contributed by atoms with E-state index in [1.54, 1.807) is 6.20 Å². The smallest absolute Gasteiger partial charge is 0.147 e. The number of rotatable bonds is 5. The molecule has 5 heteroatoms. The van der Waals surface area contributed by atoms with Gasteiger partial charge >= 0.3 is 0 Å². The van der Waals surface area contributed by atoms with Gasteiger partial charge in [-0.2, -0.15) is 5.26 Å². The minimum absolute atomic E-state index is 0.365.